The largest absolute Gasteiger partial charge is 0.493 e. The summed E-state index contributed by atoms with van der Waals surface area (Å²) in [6.45, 7) is -0.106. The van der Waals surface area contributed by atoms with E-state index < -0.39 is 0 Å². The van der Waals surface area contributed by atoms with Gasteiger partial charge in [0.05, 0.1) is 27.1 Å². The Morgan fingerprint density at radius 1 is 1.00 bits per heavy atom. The van der Waals surface area contributed by atoms with Crippen LogP contribution < -0.4 is 14.2 Å². The van der Waals surface area contributed by atoms with E-state index >= 15 is 0 Å². The number of nitrogens with zero attached hydrogens (tertiary/aromatic N) is 2. The fraction of sp³-hybridized carbons (Fsp3) is 0.250. The van der Waals surface area contributed by atoms with Crippen molar-refractivity contribution in [3.05, 3.63) is 48.4 Å². The van der Waals surface area contributed by atoms with Crippen molar-refractivity contribution in [1.29, 1.82) is 0 Å². The molecule has 0 atom stereocenters. The van der Waals surface area contributed by atoms with Gasteiger partial charge in [0, 0.05) is 10.5 Å². The number of hydrogen-bond acceptors (Lipinski definition) is 9. The quantitative estimate of drug-likeness (QED) is 0.383. The normalized spacial score (nSPS) is 10.4. The Balaban J connectivity index is 1.62. The van der Waals surface area contributed by atoms with Crippen molar-refractivity contribution in [1.82, 2.24) is 10.2 Å². The van der Waals surface area contributed by atoms with Gasteiger partial charge in [-0.05, 0) is 24.3 Å². The van der Waals surface area contributed by atoms with Gasteiger partial charge in [0.25, 0.3) is 5.89 Å². The van der Waals surface area contributed by atoms with Gasteiger partial charge in [-0.25, -0.2) is 0 Å². The summed E-state index contributed by atoms with van der Waals surface area (Å²) in [5.74, 6) is 1.64. The molecule has 0 aliphatic carbocycles. The standard InChI is InChI=1S/C20H20N2O6S/c1-24-15-9-13(10-16(25-2)19(15)26-3)20-22-21-17(28-20)11-27-18(23)12-29-14-7-5-4-6-8-14/h4-10H,11-12H2,1-3H3. The van der Waals surface area contributed by atoms with Crippen LogP contribution in [0.3, 0.4) is 0 Å². The van der Waals surface area contributed by atoms with Gasteiger partial charge < -0.3 is 23.4 Å². The smallest absolute Gasteiger partial charge is 0.316 e. The van der Waals surface area contributed by atoms with Gasteiger partial charge in [0.15, 0.2) is 18.1 Å². The van der Waals surface area contributed by atoms with Crippen molar-refractivity contribution < 1.29 is 28.2 Å². The minimum atomic E-state index is -0.369. The fourth-order valence-corrected chi connectivity index (χ4v) is 3.19. The molecule has 3 rings (SSSR count). The minimum Gasteiger partial charge on any atom is -0.493 e. The van der Waals surface area contributed by atoms with Crippen LogP contribution in [0.1, 0.15) is 5.89 Å². The first kappa shape index (κ1) is 20.5. The summed E-state index contributed by atoms with van der Waals surface area (Å²) in [7, 11) is 4.57. The summed E-state index contributed by atoms with van der Waals surface area (Å²) >= 11 is 1.40. The lowest BCUT2D eigenvalue weighted by atomic mass is 10.2. The molecule has 0 aliphatic heterocycles. The number of hydrogen-bond donors (Lipinski definition) is 0. The van der Waals surface area contributed by atoms with Crippen molar-refractivity contribution in [2.45, 2.75) is 11.5 Å². The maximum atomic E-state index is 11.9. The molecule has 0 amide bonds. The summed E-state index contributed by atoms with van der Waals surface area (Å²) in [6, 6.07) is 13.0. The topological polar surface area (TPSA) is 92.9 Å². The van der Waals surface area contributed by atoms with E-state index in [4.69, 9.17) is 23.4 Å². The summed E-state index contributed by atoms with van der Waals surface area (Å²) in [5, 5.41) is 7.92. The molecular formula is C20H20N2O6S. The first-order valence-corrected chi connectivity index (χ1v) is 9.59. The number of esters is 1. The third-order valence-corrected chi connectivity index (χ3v) is 4.82. The van der Waals surface area contributed by atoms with Crippen molar-refractivity contribution in [2.75, 3.05) is 27.1 Å². The third kappa shape index (κ3) is 5.20. The van der Waals surface area contributed by atoms with Gasteiger partial charge in [0.2, 0.25) is 11.6 Å². The van der Waals surface area contributed by atoms with E-state index in [9.17, 15) is 4.79 Å². The van der Waals surface area contributed by atoms with Gasteiger partial charge in [0.1, 0.15) is 0 Å². The van der Waals surface area contributed by atoms with Crippen LogP contribution in [0.2, 0.25) is 0 Å². The molecule has 0 N–H and O–H groups in total. The molecule has 29 heavy (non-hydrogen) atoms. The molecule has 8 nitrogen and oxygen atoms in total. The molecule has 0 radical (unpaired) electrons. The van der Waals surface area contributed by atoms with E-state index in [-0.39, 0.29) is 30.1 Å². The van der Waals surface area contributed by atoms with E-state index in [1.165, 1.54) is 33.1 Å². The van der Waals surface area contributed by atoms with Crippen LogP contribution in [0.5, 0.6) is 17.2 Å². The lowest BCUT2D eigenvalue weighted by Gasteiger charge is -2.12. The van der Waals surface area contributed by atoms with Crippen molar-refractivity contribution in [3.63, 3.8) is 0 Å². The number of aromatic nitrogens is 2. The number of methoxy groups -OCH3 is 3. The van der Waals surface area contributed by atoms with Gasteiger partial charge in [-0.2, -0.15) is 0 Å². The molecule has 0 bridgehead atoms. The monoisotopic (exact) mass is 416 g/mol. The highest BCUT2D eigenvalue weighted by Crippen LogP contribution is 2.40. The minimum absolute atomic E-state index is 0.106. The number of carbonyl (C=O) groups is 1. The number of rotatable bonds is 9. The highest BCUT2D eigenvalue weighted by atomic mass is 32.2. The third-order valence-electron chi connectivity index (χ3n) is 3.84. The number of carbonyl (C=O) groups excluding carboxylic acids is 1. The molecule has 0 spiro atoms. The van der Waals surface area contributed by atoms with Gasteiger partial charge in [-0.15, -0.1) is 22.0 Å². The van der Waals surface area contributed by atoms with Crippen LogP contribution in [0, 0.1) is 0 Å². The first-order valence-electron chi connectivity index (χ1n) is 8.60. The van der Waals surface area contributed by atoms with E-state index in [1.54, 1.807) is 12.1 Å². The van der Waals surface area contributed by atoms with E-state index in [1.807, 2.05) is 30.3 Å². The van der Waals surface area contributed by atoms with Gasteiger partial charge in [-0.3, -0.25) is 4.79 Å². The molecule has 1 heterocycles. The Labute approximate surface area is 172 Å². The van der Waals surface area contributed by atoms with Crippen LogP contribution in [-0.4, -0.2) is 43.2 Å². The van der Waals surface area contributed by atoms with E-state index in [2.05, 4.69) is 10.2 Å². The zero-order chi connectivity index (χ0) is 20.6. The predicted octanol–water partition coefficient (Wildman–Crippen LogP) is 3.60. The second kappa shape index (κ2) is 9.83. The molecule has 1 aromatic heterocycles. The molecule has 3 aromatic rings. The van der Waals surface area contributed by atoms with Gasteiger partial charge in [-0.1, -0.05) is 18.2 Å². The molecule has 0 fully saturated rings. The Kier molecular flexibility index (Phi) is 6.96. The lowest BCUT2D eigenvalue weighted by molar-refractivity contribution is -0.142. The Morgan fingerprint density at radius 3 is 2.31 bits per heavy atom. The molecule has 2 aromatic carbocycles. The van der Waals surface area contributed by atoms with Crippen LogP contribution in [0.4, 0.5) is 0 Å². The van der Waals surface area contributed by atoms with Crippen LogP contribution in [0.15, 0.2) is 51.8 Å². The summed E-state index contributed by atoms with van der Waals surface area (Å²) in [6.07, 6.45) is 0. The molecule has 0 unspecified atom stereocenters. The maximum absolute atomic E-state index is 11.9. The molecule has 152 valence electrons. The lowest BCUT2D eigenvalue weighted by Crippen LogP contribution is -2.07. The second-order valence-electron chi connectivity index (χ2n) is 5.68. The van der Waals surface area contributed by atoms with Crippen LogP contribution in [-0.2, 0) is 16.1 Å². The van der Waals surface area contributed by atoms with E-state index in [0.29, 0.717) is 22.8 Å². The average molecular weight is 416 g/mol. The van der Waals surface area contributed by atoms with Crippen LogP contribution >= 0.6 is 11.8 Å². The Morgan fingerprint density at radius 2 is 1.69 bits per heavy atom. The Bertz CT molecular complexity index is 936. The molecular weight excluding hydrogens is 396 g/mol. The van der Waals surface area contributed by atoms with E-state index in [0.717, 1.165) is 4.90 Å². The summed E-state index contributed by atoms with van der Waals surface area (Å²) in [4.78, 5) is 12.9. The molecule has 0 aliphatic rings. The highest BCUT2D eigenvalue weighted by molar-refractivity contribution is 8.00. The highest BCUT2D eigenvalue weighted by Gasteiger charge is 2.18. The second-order valence-corrected chi connectivity index (χ2v) is 6.73. The van der Waals surface area contributed by atoms with Crippen molar-refractivity contribution >= 4 is 17.7 Å². The SMILES string of the molecule is COc1cc(-c2nnc(COC(=O)CSc3ccccc3)o2)cc(OC)c1OC. The zero-order valence-corrected chi connectivity index (χ0v) is 17.0. The van der Waals surface area contributed by atoms with Crippen molar-refractivity contribution in [3.8, 4) is 28.7 Å². The van der Waals surface area contributed by atoms with Gasteiger partial charge >= 0.3 is 5.97 Å². The molecule has 9 heteroatoms. The van der Waals surface area contributed by atoms with Crippen LogP contribution in [0.25, 0.3) is 11.5 Å². The Hall–Kier alpha value is -3.20. The number of thioether (sulfide) groups is 1. The number of ether oxygens (including phenoxy) is 4. The molecule has 0 saturated heterocycles. The summed E-state index contributed by atoms with van der Waals surface area (Å²) in [5.41, 5.74) is 0.587. The first-order chi connectivity index (χ1) is 14.1. The molecule has 0 saturated carbocycles. The average Bonchev–Trinajstić information content (AvgIpc) is 3.25. The summed E-state index contributed by atoms with van der Waals surface area (Å²) < 4.78 is 26.7. The zero-order valence-electron chi connectivity index (χ0n) is 16.2. The van der Waals surface area contributed by atoms with Crippen molar-refractivity contribution in [2.24, 2.45) is 0 Å². The maximum Gasteiger partial charge on any atom is 0.316 e. The number of benzene rings is 2. The fourth-order valence-electron chi connectivity index (χ4n) is 2.48. The predicted molar refractivity (Wildman–Crippen MR) is 106 cm³/mol.